The maximum Gasteiger partial charge on any atom is 0.246 e. The number of halogens is 1. The molecule has 0 saturated heterocycles. The molecule has 1 aliphatic rings. The number of amides is 1. The van der Waals surface area contributed by atoms with Crippen molar-refractivity contribution < 1.29 is 9.53 Å². The predicted molar refractivity (Wildman–Crippen MR) is 95.3 cm³/mol. The number of allylic oxidation sites excluding steroid dienone is 1. The fraction of sp³-hybridized carbons (Fsp3) is 0.278. The van der Waals surface area contributed by atoms with E-state index < -0.39 is 0 Å². The molecular formula is C18H18ClNO2S. The molecule has 0 fully saturated rings. The van der Waals surface area contributed by atoms with Gasteiger partial charge in [0.2, 0.25) is 5.91 Å². The topological polar surface area (TPSA) is 38.3 Å². The van der Waals surface area contributed by atoms with Gasteiger partial charge >= 0.3 is 0 Å². The molecule has 0 radical (unpaired) electrons. The van der Waals surface area contributed by atoms with E-state index in [9.17, 15) is 4.79 Å². The van der Waals surface area contributed by atoms with Gasteiger partial charge in [-0.1, -0.05) is 17.7 Å². The Hall–Kier alpha value is -1.78. The highest BCUT2D eigenvalue weighted by Gasteiger charge is 2.26. The van der Waals surface area contributed by atoms with Crippen molar-refractivity contribution in [2.24, 2.45) is 0 Å². The van der Waals surface area contributed by atoms with Crippen LogP contribution in [0.25, 0.3) is 11.1 Å². The number of thiophene rings is 1. The third-order valence-corrected chi connectivity index (χ3v) is 4.95. The Bertz CT molecular complexity index is 753. The quantitative estimate of drug-likeness (QED) is 0.829. The average molecular weight is 348 g/mol. The summed E-state index contributed by atoms with van der Waals surface area (Å²) in [6, 6.07) is 6.14. The predicted octanol–water partition coefficient (Wildman–Crippen LogP) is 4.45. The molecule has 0 saturated carbocycles. The molecule has 5 heteroatoms. The lowest BCUT2D eigenvalue weighted by atomic mass is 10.0. The summed E-state index contributed by atoms with van der Waals surface area (Å²) >= 11 is 8.04. The molecule has 23 heavy (non-hydrogen) atoms. The molecule has 2 heterocycles. The number of hydrogen-bond donors (Lipinski definition) is 1. The SMILES string of the molecule is C/C=C(\C)C(=O)NCC1Cc2cc(-c3ccsc3)cc(Cl)c2O1. The van der Waals surface area contributed by atoms with Gasteiger partial charge in [-0.05, 0) is 53.9 Å². The van der Waals surface area contributed by atoms with Crippen LogP contribution in [0.15, 0.2) is 40.6 Å². The summed E-state index contributed by atoms with van der Waals surface area (Å²) in [5.41, 5.74) is 4.08. The number of rotatable bonds is 4. The number of ether oxygens (including phenoxy) is 1. The van der Waals surface area contributed by atoms with Crippen LogP contribution >= 0.6 is 22.9 Å². The molecule has 2 aromatic rings. The highest BCUT2D eigenvalue weighted by molar-refractivity contribution is 7.08. The van der Waals surface area contributed by atoms with Gasteiger partial charge in [0.05, 0.1) is 11.6 Å². The van der Waals surface area contributed by atoms with Crippen LogP contribution in [0.2, 0.25) is 5.02 Å². The molecule has 1 atom stereocenters. The van der Waals surface area contributed by atoms with Crippen LogP contribution in [-0.2, 0) is 11.2 Å². The molecule has 3 nitrogen and oxygen atoms in total. The molecule has 1 unspecified atom stereocenters. The van der Waals surface area contributed by atoms with Crippen molar-refractivity contribution >= 4 is 28.8 Å². The van der Waals surface area contributed by atoms with E-state index in [1.54, 1.807) is 24.3 Å². The van der Waals surface area contributed by atoms with Gasteiger partial charge < -0.3 is 10.1 Å². The largest absolute Gasteiger partial charge is 0.486 e. The van der Waals surface area contributed by atoms with Crippen LogP contribution in [0.4, 0.5) is 0 Å². The molecule has 1 aliphatic heterocycles. The first-order valence-electron chi connectivity index (χ1n) is 7.51. The number of fused-ring (bicyclic) bond motifs is 1. The fourth-order valence-electron chi connectivity index (χ4n) is 2.57. The third-order valence-electron chi connectivity index (χ3n) is 3.99. The second kappa shape index (κ2) is 6.77. The normalized spacial score (nSPS) is 16.8. The average Bonchev–Trinajstić information content (AvgIpc) is 3.20. The molecule has 1 aromatic carbocycles. The van der Waals surface area contributed by atoms with E-state index in [-0.39, 0.29) is 12.0 Å². The molecule has 0 bridgehead atoms. The van der Waals surface area contributed by atoms with E-state index in [1.165, 1.54) is 5.56 Å². The molecule has 120 valence electrons. The Morgan fingerprint density at radius 2 is 2.30 bits per heavy atom. The van der Waals surface area contributed by atoms with Crippen LogP contribution in [0.1, 0.15) is 19.4 Å². The minimum absolute atomic E-state index is 0.0582. The highest BCUT2D eigenvalue weighted by atomic mass is 35.5. The van der Waals surface area contributed by atoms with Crippen molar-refractivity contribution in [2.75, 3.05) is 6.54 Å². The monoisotopic (exact) mass is 347 g/mol. The number of benzene rings is 1. The van der Waals surface area contributed by atoms with E-state index in [4.69, 9.17) is 16.3 Å². The van der Waals surface area contributed by atoms with Gasteiger partial charge in [-0.25, -0.2) is 0 Å². The molecule has 1 N–H and O–H groups in total. The smallest absolute Gasteiger partial charge is 0.246 e. The molecule has 1 amide bonds. The first-order valence-corrected chi connectivity index (χ1v) is 8.83. The van der Waals surface area contributed by atoms with Crippen molar-refractivity contribution in [3.63, 3.8) is 0 Å². The van der Waals surface area contributed by atoms with E-state index in [1.807, 2.05) is 13.0 Å². The second-order valence-corrected chi connectivity index (χ2v) is 6.77. The number of carbonyl (C=O) groups is 1. The van der Waals surface area contributed by atoms with Crippen molar-refractivity contribution in [1.82, 2.24) is 5.32 Å². The van der Waals surface area contributed by atoms with Crippen molar-refractivity contribution in [3.8, 4) is 16.9 Å². The lowest BCUT2D eigenvalue weighted by molar-refractivity contribution is -0.117. The van der Waals surface area contributed by atoms with Crippen molar-refractivity contribution in [1.29, 1.82) is 0 Å². The molecule has 0 spiro atoms. The number of hydrogen-bond acceptors (Lipinski definition) is 3. The van der Waals surface area contributed by atoms with Crippen LogP contribution in [0.3, 0.4) is 0 Å². The Kier molecular flexibility index (Phi) is 4.74. The summed E-state index contributed by atoms with van der Waals surface area (Å²) in [6.45, 7) is 4.12. The highest BCUT2D eigenvalue weighted by Crippen LogP contribution is 2.39. The minimum atomic E-state index is -0.0752. The number of nitrogens with one attached hydrogen (secondary N) is 1. The summed E-state index contributed by atoms with van der Waals surface area (Å²) in [4.78, 5) is 11.8. The van der Waals surface area contributed by atoms with E-state index in [0.29, 0.717) is 17.1 Å². The van der Waals surface area contributed by atoms with E-state index in [2.05, 4.69) is 28.2 Å². The van der Waals surface area contributed by atoms with Crippen molar-refractivity contribution in [3.05, 3.63) is 51.2 Å². The summed E-state index contributed by atoms with van der Waals surface area (Å²) in [5, 5.41) is 7.68. The molecule has 0 aliphatic carbocycles. The molecule has 1 aromatic heterocycles. The van der Waals surface area contributed by atoms with Gasteiger partial charge in [0.15, 0.2) is 0 Å². The first kappa shape index (κ1) is 16.1. The zero-order valence-electron chi connectivity index (χ0n) is 13.1. The molecule has 3 rings (SSSR count). The Labute approximate surface area is 144 Å². The Morgan fingerprint density at radius 3 is 3.00 bits per heavy atom. The van der Waals surface area contributed by atoms with Crippen LogP contribution in [0, 0.1) is 0 Å². The van der Waals surface area contributed by atoms with Gasteiger partial charge in [-0.3, -0.25) is 4.79 Å². The Morgan fingerprint density at radius 1 is 1.48 bits per heavy atom. The van der Waals surface area contributed by atoms with Gasteiger partial charge in [0, 0.05) is 17.6 Å². The first-order chi connectivity index (χ1) is 11.1. The zero-order chi connectivity index (χ0) is 16.4. The van der Waals surface area contributed by atoms with Crippen LogP contribution in [-0.4, -0.2) is 18.6 Å². The lowest BCUT2D eigenvalue weighted by Gasteiger charge is -2.12. The van der Waals surface area contributed by atoms with Crippen LogP contribution < -0.4 is 10.1 Å². The summed E-state index contributed by atoms with van der Waals surface area (Å²) in [5.74, 6) is 0.685. The van der Waals surface area contributed by atoms with Gasteiger partial charge in [-0.15, -0.1) is 0 Å². The Balaban J connectivity index is 1.71. The summed E-state index contributed by atoms with van der Waals surface area (Å²) in [7, 11) is 0. The van der Waals surface area contributed by atoms with Crippen LogP contribution in [0.5, 0.6) is 5.75 Å². The van der Waals surface area contributed by atoms with Gasteiger partial charge in [0.25, 0.3) is 0 Å². The standard InChI is InChI=1S/C18H18ClNO2S/c1-3-11(2)18(21)20-9-15-7-14-6-13(12-4-5-23-10-12)8-16(19)17(14)22-15/h3-6,8,10,15H,7,9H2,1-2H3,(H,20,21)/b11-3+. The maximum atomic E-state index is 11.8. The third kappa shape index (κ3) is 3.43. The zero-order valence-corrected chi connectivity index (χ0v) is 14.6. The minimum Gasteiger partial charge on any atom is -0.486 e. The molecular weight excluding hydrogens is 330 g/mol. The fourth-order valence-corrected chi connectivity index (χ4v) is 3.52. The summed E-state index contributed by atoms with van der Waals surface area (Å²) < 4.78 is 5.91. The summed E-state index contributed by atoms with van der Waals surface area (Å²) in [6.07, 6.45) is 2.47. The van der Waals surface area contributed by atoms with Gasteiger partial charge in [0.1, 0.15) is 11.9 Å². The van der Waals surface area contributed by atoms with E-state index >= 15 is 0 Å². The van der Waals surface area contributed by atoms with Crippen molar-refractivity contribution in [2.45, 2.75) is 26.4 Å². The second-order valence-electron chi connectivity index (χ2n) is 5.58. The van der Waals surface area contributed by atoms with Gasteiger partial charge in [-0.2, -0.15) is 11.3 Å². The maximum absolute atomic E-state index is 11.8. The lowest BCUT2D eigenvalue weighted by Crippen LogP contribution is -2.34. The van der Waals surface area contributed by atoms with E-state index in [0.717, 1.165) is 23.3 Å². The number of carbonyl (C=O) groups excluding carboxylic acids is 1.